The van der Waals surface area contributed by atoms with Crippen molar-refractivity contribution in [2.45, 2.75) is 12.5 Å². The van der Waals surface area contributed by atoms with E-state index in [0.717, 1.165) is 17.5 Å². The van der Waals surface area contributed by atoms with Crippen LogP contribution < -0.4 is 0 Å². The molecule has 0 spiro atoms. The van der Waals surface area contributed by atoms with Gasteiger partial charge in [0.1, 0.15) is 11.6 Å². The Morgan fingerprint density at radius 2 is 1.61 bits per heavy atom. The van der Waals surface area contributed by atoms with E-state index < -0.39 is 0 Å². The zero-order chi connectivity index (χ0) is 21.5. The van der Waals surface area contributed by atoms with E-state index in [2.05, 4.69) is 5.10 Å². The first kappa shape index (κ1) is 19.4. The largest absolute Gasteiger partial charge is 0.492 e. The van der Waals surface area contributed by atoms with Crippen LogP contribution in [0.4, 0.5) is 0 Å². The lowest BCUT2D eigenvalue weighted by molar-refractivity contribution is -0.157. The maximum Gasteiger partial charge on any atom is 0.253 e. The van der Waals surface area contributed by atoms with Gasteiger partial charge in [-0.1, -0.05) is 28.1 Å². The Kier molecular flexibility index (Phi) is 4.74. The van der Waals surface area contributed by atoms with Gasteiger partial charge in [-0.3, -0.25) is 9.59 Å². The average molecular weight is 422 g/mol. The molecule has 0 bridgehead atoms. The number of ether oxygens (including phenoxy) is 1. The number of aromatic hydroxyl groups is 1. The summed E-state index contributed by atoms with van der Waals surface area (Å²) in [6.07, 6.45) is 0.474. The van der Waals surface area contributed by atoms with Crippen LogP contribution in [0.1, 0.15) is 16.8 Å². The van der Waals surface area contributed by atoms with Crippen LogP contribution in [0, 0.1) is 0 Å². The van der Waals surface area contributed by atoms with Crippen LogP contribution in [-0.2, 0) is 9.53 Å². The zero-order valence-corrected chi connectivity index (χ0v) is 16.8. The van der Waals surface area contributed by atoms with Gasteiger partial charge in [0.2, 0.25) is 5.88 Å². The molecule has 1 atom stereocenters. The zero-order valence-electron chi connectivity index (χ0n) is 16.8. The summed E-state index contributed by atoms with van der Waals surface area (Å²) in [5, 5.41) is 23.5. The quantitative estimate of drug-likeness (QED) is 0.623. The fraction of sp³-hybridized carbons (Fsp3) is 0.318. The predicted octanol–water partition coefficient (Wildman–Crippen LogP) is 1.72. The van der Waals surface area contributed by atoms with Crippen molar-refractivity contribution in [3.8, 4) is 17.0 Å². The molecule has 9 nitrogen and oxygen atoms in total. The number of hydrogen-bond acceptors (Lipinski definition) is 6. The van der Waals surface area contributed by atoms with Crippen LogP contribution in [0.2, 0.25) is 0 Å². The SMILES string of the molecule is O=C(c1ccc(-c2ccc3c(c2)c(O)nn3O)cc1)N1CCN(C(=O)C2CCO2)CC1. The number of carbonyl (C=O) groups is 2. The summed E-state index contributed by atoms with van der Waals surface area (Å²) in [5.74, 6) is -0.279. The van der Waals surface area contributed by atoms with Gasteiger partial charge in [-0.2, -0.15) is 0 Å². The molecule has 1 aromatic heterocycles. The Labute approximate surface area is 178 Å². The molecule has 2 aromatic carbocycles. The fourth-order valence-electron chi connectivity index (χ4n) is 4.02. The smallest absolute Gasteiger partial charge is 0.253 e. The van der Waals surface area contributed by atoms with Crippen LogP contribution in [0.25, 0.3) is 22.0 Å². The van der Waals surface area contributed by atoms with Gasteiger partial charge in [0.05, 0.1) is 12.0 Å². The molecule has 9 heteroatoms. The van der Waals surface area contributed by atoms with E-state index in [9.17, 15) is 19.9 Å². The number of carbonyl (C=O) groups excluding carboxylic acids is 2. The number of nitrogens with zero attached hydrogens (tertiary/aromatic N) is 4. The monoisotopic (exact) mass is 422 g/mol. The molecular weight excluding hydrogens is 400 g/mol. The lowest BCUT2D eigenvalue weighted by Gasteiger charge is -2.38. The van der Waals surface area contributed by atoms with Crippen molar-refractivity contribution in [2.75, 3.05) is 32.8 Å². The van der Waals surface area contributed by atoms with Crippen molar-refractivity contribution in [1.82, 2.24) is 19.7 Å². The van der Waals surface area contributed by atoms with Gasteiger partial charge in [0, 0.05) is 38.2 Å². The van der Waals surface area contributed by atoms with Gasteiger partial charge >= 0.3 is 0 Å². The van der Waals surface area contributed by atoms with E-state index in [0.29, 0.717) is 54.1 Å². The van der Waals surface area contributed by atoms with Crippen molar-refractivity contribution in [2.24, 2.45) is 0 Å². The second-order valence-corrected chi connectivity index (χ2v) is 7.79. The summed E-state index contributed by atoms with van der Waals surface area (Å²) in [6.45, 7) is 2.68. The first-order chi connectivity index (χ1) is 15.0. The van der Waals surface area contributed by atoms with Gasteiger partial charge < -0.3 is 24.9 Å². The lowest BCUT2D eigenvalue weighted by atomic mass is 10.0. The summed E-state index contributed by atoms with van der Waals surface area (Å²) in [6, 6.07) is 12.5. The van der Waals surface area contributed by atoms with E-state index in [-0.39, 0.29) is 23.8 Å². The third-order valence-electron chi connectivity index (χ3n) is 5.96. The maximum atomic E-state index is 12.9. The Hall–Kier alpha value is -3.59. The number of hydrogen-bond donors (Lipinski definition) is 2. The molecule has 2 fully saturated rings. The number of piperazine rings is 1. The summed E-state index contributed by atoms with van der Waals surface area (Å²) < 4.78 is 5.27. The molecule has 160 valence electrons. The first-order valence-electron chi connectivity index (χ1n) is 10.2. The Balaban J connectivity index is 1.26. The van der Waals surface area contributed by atoms with Crippen LogP contribution in [0.15, 0.2) is 42.5 Å². The van der Waals surface area contributed by atoms with E-state index in [1.54, 1.807) is 34.1 Å². The number of rotatable bonds is 3. The highest BCUT2D eigenvalue weighted by Crippen LogP contribution is 2.29. The maximum absolute atomic E-state index is 12.9. The van der Waals surface area contributed by atoms with Crippen molar-refractivity contribution in [1.29, 1.82) is 0 Å². The van der Waals surface area contributed by atoms with Crippen LogP contribution in [0.5, 0.6) is 5.88 Å². The molecule has 31 heavy (non-hydrogen) atoms. The highest BCUT2D eigenvalue weighted by Gasteiger charge is 2.33. The average Bonchev–Trinajstić information content (AvgIpc) is 3.05. The van der Waals surface area contributed by atoms with Gasteiger partial charge in [-0.15, -0.1) is 0 Å². The minimum atomic E-state index is -0.303. The predicted molar refractivity (Wildman–Crippen MR) is 111 cm³/mol. The standard InChI is InChI=1S/C22H22N4O5/c27-20-17-13-16(5-6-18(17)26(30)23-20)14-1-3-15(4-2-14)21(28)24-8-10-25(11-9-24)22(29)19-7-12-31-19/h1-6,13,19,30H,7-12H2,(H,23,27). The molecule has 3 aromatic rings. The molecule has 2 amide bonds. The van der Waals surface area contributed by atoms with E-state index in [1.807, 2.05) is 18.2 Å². The van der Waals surface area contributed by atoms with Gasteiger partial charge in [0.25, 0.3) is 11.8 Å². The Bertz CT molecular complexity index is 1140. The molecule has 2 saturated heterocycles. The van der Waals surface area contributed by atoms with Gasteiger partial charge in [-0.05, 0) is 35.4 Å². The summed E-state index contributed by atoms with van der Waals surface area (Å²) in [7, 11) is 0. The minimum Gasteiger partial charge on any atom is -0.492 e. The molecule has 1 unspecified atom stereocenters. The normalized spacial score (nSPS) is 18.8. The number of amides is 2. The fourth-order valence-corrected chi connectivity index (χ4v) is 4.02. The summed E-state index contributed by atoms with van der Waals surface area (Å²) in [5.41, 5.74) is 2.70. The first-order valence-corrected chi connectivity index (χ1v) is 10.2. The van der Waals surface area contributed by atoms with Crippen LogP contribution in [0.3, 0.4) is 0 Å². The second kappa shape index (κ2) is 7.59. The number of aromatic nitrogens is 2. The summed E-state index contributed by atoms with van der Waals surface area (Å²) >= 11 is 0. The lowest BCUT2D eigenvalue weighted by Crippen LogP contribution is -2.54. The van der Waals surface area contributed by atoms with Crippen molar-refractivity contribution < 1.29 is 24.6 Å². The molecule has 0 saturated carbocycles. The summed E-state index contributed by atoms with van der Waals surface area (Å²) in [4.78, 5) is 29.3. The molecule has 3 heterocycles. The Morgan fingerprint density at radius 3 is 2.26 bits per heavy atom. The molecular formula is C22H22N4O5. The van der Waals surface area contributed by atoms with Crippen molar-refractivity contribution in [3.63, 3.8) is 0 Å². The van der Waals surface area contributed by atoms with E-state index in [1.165, 1.54) is 0 Å². The molecule has 2 N–H and O–H groups in total. The highest BCUT2D eigenvalue weighted by molar-refractivity contribution is 5.95. The number of benzene rings is 2. The Morgan fingerprint density at radius 1 is 0.968 bits per heavy atom. The minimum absolute atomic E-state index is 0.0254. The van der Waals surface area contributed by atoms with E-state index in [4.69, 9.17) is 4.74 Å². The van der Waals surface area contributed by atoms with Gasteiger partial charge in [0.15, 0.2) is 0 Å². The third kappa shape index (κ3) is 3.46. The van der Waals surface area contributed by atoms with Crippen LogP contribution in [-0.4, -0.2) is 80.8 Å². The van der Waals surface area contributed by atoms with Crippen molar-refractivity contribution in [3.05, 3.63) is 48.0 Å². The van der Waals surface area contributed by atoms with E-state index >= 15 is 0 Å². The molecule has 0 aliphatic carbocycles. The number of fused-ring (bicyclic) bond motifs is 1. The molecule has 0 radical (unpaired) electrons. The highest BCUT2D eigenvalue weighted by atomic mass is 16.5. The van der Waals surface area contributed by atoms with Gasteiger partial charge in [-0.25, -0.2) is 0 Å². The second-order valence-electron chi connectivity index (χ2n) is 7.79. The topological polar surface area (TPSA) is 108 Å². The van der Waals surface area contributed by atoms with Crippen molar-refractivity contribution >= 4 is 22.7 Å². The molecule has 5 rings (SSSR count). The molecule has 2 aliphatic heterocycles. The van der Waals surface area contributed by atoms with Crippen LogP contribution >= 0.6 is 0 Å². The third-order valence-corrected chi connectivity index (χ3v) is 5.96. The molecule has 2 aliphatic rings.